The van der Waals surface area contributed by atoms with E-state index in [1.165, 1.54) is 12.1 Å². The molecule has 1 aliphatic rings. The van der Waals surface area contributed by atoms with Crippen LogP contribution in [-0.4, -0.2) is 41.9 Å². The molecule has 1 atom stereocenters. The largest absolute Gasteiger partial charge is 0.491 e. The zero-order chi connectivity index (χ0) is 20.1. The fraction of sp³-hybridized carbons (Fsp3) is 0.364. The van der Waals surface area contributed by atoms with E-state index in [2.05, 4.69) is 5.32 Å². The predicted octanol–water partition coefficient (Wildman–Crippen LogP) is 3.65. The van der Waals surface area contributed by atoms with E-state index < -0.39 is 5.82 Å². The fourth-order valence-corrected chi connectivity index (χ4v) is 3.31. The number of hydrogen-bond donors (Lipinski definition) is 1. The van der Waals surface area contributed by atoms with Crippen LogP contribution in [0.1, 0.15) is 47.4 Å². The Labute approximate surface area is 164 Å². The highest BCUT2D eigenvalue weighted by molar-refractivity contribution is 5.95. The Morgan fingerprint density at radius 3 is 2.57 bits per heavy atom. The summed E-state index contributed by atoms with van der Waals surface area (Å²) in [6, 6.07) is 12.9. The monoisotopic (exact) mass is 384 g/mol. The van der Waals surface area contributed by atoms with Gasteiger partial charge in [0.15, 0.2) is 0 Å². The first-order valence-electron chi connectivity index (χ1n) is 9.55. The lowest BCUT2D eigenvalue weighted by molar-refractivity contribution is 0.0686. The zero-order valence-electron chi connectivity index (χ0n) is 16.2. The molecule has 2 aromatic rings. The number of benzene rings is 2. The van der Waals surface area contributed by atoms with Crippen LogP contribution in [0.3, 0.4) is 0 Å². The molecule has 0 aromatic heterocycles. The lowest BCUT2D eigenvalue weighted by Crippen LogP contribution is -2.39. The molecule has 1 heterocycles. The fourth-order valence-electron chi connectivity index (χ4n) is 3.31. The Bertz CT molecular complexity index is 836. The molecule has 1 unspecified atom stereocenters. The van der Waals surface area contributed by atoms with E-state index in [0.29, 0.717) is 24.5 Å². The second-order valence-electron chi connectivity index (χ2n) is 7.24. The molecule has 148 valence electrons. The van der Waals surface area contributed by atoms with E-state index in [1.807, 2.05) is 13.8 Å². The van der Waals surface area contributed by atoms with Crippen LogP contribution in [0, 0.1) is 5.82 Å². The third kappa shape index (κ3) is 4.68. The Morgan fingerprint density at radius 1 is 1.18 bits per heavy atom. The topological polar surface area (TPSA) is 58.6 Å². The molecular weight excluding hydrogens is 359 g/mol. The molecule has 1 N–H and O–H groups in total. The molecule has 1 aliphatic heterocycles. The van der Waals surface area contributed by atoms with Crippen molar-refractivity contribution in [3.63, 3.8) is 0 Å². The number of carbonyl (C=O) groups excluding carboxylic acids is 2. The predicted molar refractivity (Wildman–Crippen MR) is 105 cm³/mol. The van der Waals surface area contributed by atoms with Crippen LogP contribution in [0.4, 0.5) is 4.39 Å². The smallest absolute Gasteiger partial charge is 0.257 e. The van der Waals surface area contributed by atoms with E-state index in [-0.39, 0.29) is 29.5 Å². The number of nitrogens with one attached hydrogen (secondary N) is 1. The van der Waals surface area contributed by atoms with E-state index in [9.17, 15) is 14.0 Å². The van der Waals surface area contributed by atoms with Crippen molar-refractivity contribution < 1.29 is 18.7 Å². The molecule has 1 saturated heterocycles. The molecule has 2 amide bonds. The Morgan fingerprint density at radius 2 is 1.89 bits per heavy atom. The maximum Gasteiger partial charge on any atom is 0.257 e. The van der Waals surface area contributed by atoms with Crippen molar-refractivity contribution in [2.24, 2.45) is 0 Å². The average Bonchev–Trinajstić information content (AvgIpc) is 3.14. The van der Waals surface area contributed by atoms with Crippen molar-refractivity contribution in [1.29, 1.82) is 0 Å². The van der Waals surface area contributed by atoms with Gasteiger partial charge in [-0.25, -0.2) is 4.39 Å². The minimum atomic E-state index is -0.505. The van der Waals surface area contributed by atoms with Gasteiger partial charge in [0.25, 0.3) is 11.8 Å². The normalized spacial score (nSPS) is 16.3. The van der Waals surface area contributed by atoms with Crippen molar-refractivity contribution >= 4 is 11.8 Å². The maximum absolute atomic E-state index is 13.9. The van der Waals surface area contributed by atoms with Gasteiger partial charge in [0, 0.05) is 18.2 Å². The van der Waals surface area contributed by atoms with E-state index >= 15 is 0 Å². The number of halogens is 1. The summed E-state index contributed by atoms with van der Waals surface area (Å²) in [5.41, 5.74) is 0.660. The molecular formula is C22H25FN2O3. The zero-order valence-corrected chi connectivity index (χ0v) is 16.2. The van der Waals surface area contributed by atoms with Crippen LogP contribution in [0.25, 0.3) is 0 Å². The summed E-state index contributed by atoms with van der Waals surface area (Å²) in [6.45, 7) is 4.74. The Balaban J connectivity index is 1.60. The first-order chi connectivity index (χ1) is 13.5. The van der Waals surface area contributed by atoms with Gasteiger partial charge in [0.1, 0.15) is 18.2 Å². The molecule has 28 heavy (non-hydrogen) atoms. The van der Waals surface area contributed by atoms with Gasteiger partial charge in [-0.3, -0.25) is 9.59 Å². The molecule has 6 heteroatoms. The molecule has 1 fully saturated rings. The lowest BCUT2D eigenvalue weighted by Gasteiger charge is -2.25. The minimum absolute atomic E-state index is 0.0729. The molecule has 5 nitrogen and oxygen atoms in total. The number of carbonyl (C=O) groups is 2. The number of hydrogen-bond acceptors (Lipinski definition) is 3. The van der Waals surface area contributed by atoms with Gasteiger partial charge >= 0.3 is 0 Å². The summed E-state index contributed by atoms with van der Waals surface area (Å²) < 4.78 is 19.8. The van der Waals surface area contributed by atoms with Gasteiger partial charge < -0.3 is 15.0 Å². The van der Waals surface area contributed by atoms with Crippen molar-refractivity contribution in [1.82, 2.24) is 10.2 Å². The van der Waals surface area contributed by atoms with Crippen LogP contribution in [-0.2, 0) is 0 Å². The van der Waals surface area contributed by atoms with Crippen LogP contribution in [0.15, 0.2) is 48.5 Å². The molecule has 2 aromatic carbocycles. The number of nitrogens with zero attached hydrogens (tertiary/aromatic N) is 1. The van der Waals surface area contributed by atoms with Crippen LogP contribution < -0.4 is 10.1 Å². The van der Waals surface area contributed by atoms with Crippen LogP contribution >= 0.6 is 0 Å². The summed E-state index contributed by atoms with van der Waals surface area (Å²) >= 11 is 0. The summed E-state index contributed by atoms with van der Waals surface area (Å²) in [4.78, 5) is 26.4. The van der Waals surface area contributed by atoms with Crippen LogP contribution in [0.2, 0.25) is 0 Å². The van der Waals surface area contributed by atoms with Gasteiger partial charge in [-0.1, -0.05) is 12.1 Å². The standard InChI is InChI=1S/C22H25FN2O3/c1-15(2)24-21(26)16-9-11-18(12-10-16)28-14-17-6-5-13-25(17)22(27)19-7-3-4-8-20(19)23/h3-4,7-12,15,17H,5-6,13-14H2,1-2H3,(H,24,26). The third-order valence-electron chi connectivity index (χ3n) is 4.72. The van der Waals surface area contributed by atoms with Gasteiger partial charge in [-0.2, -0.15) is 0 Å². The highest BCUT2D eigenvalue weighted by Crippen LogP contribution is 2.23. The molecule has 0 bridgehead atoms. The first kappa shape index (κ1) is 19.9. The summed E-state index contributed by atoms with van der Waals surface area (Å²) in [5.74, 6) is -0.301. The molecule has 3 rings (SSSR count). The summed E-state index contributed by atoms with van der Waals surface area (Å²) in [6.07, 6.45) is 1.68. The quantitative estimate of drug-likeness (QED) is 0.827. The molecule has 0 saturated carbocycles. The van der Waals surface area contributed by atoms with Gasteiger partial charge in [-0.05, 0) is 63.1 Å². The molecule has 0 aliphatic carbocycles. The average molecular weight is 384 g/mol. The number of likely N-dealkylation sites (tertiary alicyclic amines) is 1. The van der Waals surface area contributed by atoms with Crippen LogP contribution in [0.5, 0.6) is 5.75 Å². The highest BCUT2D eigenvalue weighted by Gasteiger charge is 2.31. The first-order valence-corrected chi connectivity index (χ1v) is 9.55. The number of amides is 2. The van der Waals surface area contributed by atoms with Crippen molar-refractivity contribution in [3.8, 4) is 5.75 Å². The second-order valence-corrected chi connectivity index (χ2v) is 7.24. The molecule has 0 spiro atoms. The van der Waals surface area contributed by atoms with Crippen molar-refractivity contribution in [3.05, 3.63) is 65.5 Å². The van der Waals surface area contributed by atoms with E-state index in [0.717, 1.165) is 12.8 Å². The summed E-state index contributed by atoms with van der Waals surface area (Å²) in [5, 5.41) is 2.84. The van der Waals surface area contributed by atoms with Gasteiger partial charge in [0.2, 0.25) is 0 Å². The Hall–Kier alpha value is -2.89. The maximum atomic E-state index is 13.9. The van der Waals surface area contributed by atoms with Crippen molar-refractivity contribution in [2.75, 3.05) is 13.2 Å². The third-order valence-corrected chi connectivity index (χ3v) is 4.72. The summed E-state index contributed by atoms with van der Waals surface area (Å²) in [7, 11) is 0. The van der Waals surface area contributed by atoms with E-state index in [1.54, 1.807) is 41.3 Å². The SMILES string of the molecule is CC(C)NC(=O)c1ccc(OCC2CCCN2C(=O)c2ccccc2F)cc1. The minimum Gasteiger partial charge on any atom is -0.491 e. The van der Waals surface area contributed by atoms with Gasteiger partial charge in [-0.15, -0.1) is 0 Å². The number of rotatable bonds is 6. The highest BCUT2D eigenvalue weighted by atomic mass is 19.1. The number of ether oxygens (including phenoxy) is 1. The second kappa shape index (κ2) is 8.87. The van der Waals surface area contributed by atoms with Crippen molar-refractivity contribution in [2.45, 2.75) is 38.8 Å². The molecule has 0 radical (unpaired) electrons. The van der Waals surface area contributed by atoms with Gasteiger partial charge in [0.05, 0.1) is 11.6 Å². The Kier molecular flexibility index (Phi) is 6.29. The van der Waals surface area contributed by atoms with E-state index in [4.69, 9.17) is 4.74 Å². The lowest BCUT2D eigenvalue weighted by atomic mass is 10.1.